The molecular weight excluding hydrogens is 426 g/mol. The topological polar surface area (TPSA) is 55.7 Å². The number of nitrogens with one attached hydrogen (secondary N) is 1. The second-order valence-corrected chi connectivity index (χ2v) is 8.37. The number of carbonyl (C=O) groups excluding carboxylic acids is 1. The molecule has 172 valence electrons. The van der Waals surface area contributed by atoms with Crippen LogP contribution in [0.5, 0.6) is 11.5 Å². The van der Waals surface area contributed by atoms with Gasteiger partial charge in [0.05, 0.1) is 38.2 Å². The molecule has 4 aromatic rings. The van der Waals surface area contributed by atoms with Gasteiger partial charge in [0.2, 0.25) is 0 Å². The van der Waals surface area contributed by atoms with Crippen molar-refractivity contribution in [2.75, 3.05) is 19.5 Å². The fraction of sp³-hybridized carbons (Fsp3) is 0.179. The van der Waals surface area contributed by atoms with Crippen molar-refractivity contribution in [3.05, 3.63) is 107 Å². The van der Waals surface area contributed by atoms with Crippen LogP contribution in [0.25, 0.3) is 5.69 Å². The van der Waals surface area contributed by atoms with E-state index in [2.05, 4.69) is 59.4 Å². The summed E-state index contributed by atoms with van der Waals surface area (Å²) in [6.07, 6.45) is 2.06. The van der Waals surface area contributed by atoms with Gasteiger partial charge in [-0.05, 0) is 48.4 Å². The Kier molecular flexibility index (Phi) is 5.72. The van der Waals surface area contributed by atoms with Gasteiger partial charge in [0.25, 0.3) is 0 Å². The van der Waals surface area contributed by atoms with E-state index in [0.717, 1.165) is 28.1 Å². The minimum absolute atomic E-state index is 0.209. The van der Waals surface area contributed by atoms with E-state index in [4.69, 9.17) is 9.47 Å². The van der Waals surface area contributed by atoms with Crippen LogP contribution in [0.4, 0.5) is 10.5 Å². The van der Waals surface area contributed by atoms with E-state index in [-0.39, 0.29) is 12.1 Å². The molecule has 5 rings (SSSR count). The number of nitrogens with zero attached hydrogens (tertiary/aromatic N) is 2. The average molecular weight is 454 g/mol. The summed E-state index contributed by atoms with van der Waals surface area (Å²) in [6, 6.07) is 25.6. The van der Waals surface area contributed by atoms with Crippen LogP contribution >= 0.6 is 0 Å². The van der Waals surface area contributed by atoms with Crippen molar-refractivity contribution >= 4 is 11.7 Å². The van der Waals surface area contributed by atoms with E-state index in [1.807, 2.05) is 29.2 Å². The van der Waals surface area contributed by atoms with Crippen molar-refractivity contribution in [3.63, 3.8) is 0 Å². The molecule has 1 aliphatic heterocycles. The number of ether oxygens (including phenoxy) is 2. The van der Waals surface area contributed by atoms with Gasteiger partial charge in [-0.25, -0.2) is 4.79 Å². The Morgan fingerprint density at radius 2 is 1.79 bits per heavy atom. The van der Waals surface area contributed by atoms with Crippen LogP contribution in [0, 0.1) is 6.92 Å². The Hall–Kier alpha value is -4.19. The number of anilines is 1. The number of fused-ring (bicyclic) bond motifs is 3. The zero-order chi connectivity index (χ0) is 23.7. The van der Waals surface area contributed by atoms with Gasteiger partial charge in [0.1, 0.15) is 11.5 Å². The first-order chi connectivity index (χ1) is 16.6. The highest BCUT2D eigenvalue weighted by Gasteiger charge is 2.33. The van der Waals surface area contributed by atoms with Gasteiger partial charge in [-0.15, -0.1) is 0 Å². The van der Waals surface area contributed by atoms with E-state index in [1.54, 1.807) is 32.4 Å². The molecule has 34 heavy (non-hydrogen) atoms. The van der Waals surface area contributed by atoms with Gasteiger partial charge < -0.3 is 24.3 Å². The molecule has 3 aromatic carbocycles. The molecular formula is C28H27N3O3. The lowest BCUT2D eigenvalue weighted by atomic mass is 10.00. The highest BCUT2D eigenvalue weighted by Crippen LogP contribution is 2.38. The molecule has 6 nitrogen and oxygen atoms in total. The number of hydrogen-bond donors (Lipinski definition) is 1. The third-order valence-corrected chi connectivity index (χ3v) is 6.23. The van der Waals surface area contributed by atoms with Gasteiger partial charge in [-0.1, -0.05) is 48.0 Å². The molecule has 0 fully saturated rings. The molecule has 2 amide bonds. The van der Waals surface area contributed by atoms with Crippen molar-refractivity contribution in [1.82, 2.24) is 9.47 Å². The number of aryl methyl sites for hydroxylation is 1. The van der Waals surface area contributed by atoms with Crippen LogP contribution in [0.15, 0.2) is 85.1 Å². The first-order valence-corrected chi connectivity index (χ1v) is 11.2. The lowest BCUT2D eigenvalue weighted by Gasteiger charge is -2.31. The fourth-order valence-corrected chi connectivity index (χ4v) is 4.62. The first-order valence-electron chi connectivity index (χ1n) is 11.2. The number of hydrogen-bond acceptors (Lipinski definition) is 3. The molecule has 0 bridgehead atoms. The maximum absolute atomic E-state index is 13.9. The van der Waals surface area contributed by atoms with Gasteiger partial charge in [-0.2, -0.15) is 0 Å². The van der Waals surface area contributed by atoms with Gasteiger partial charge >= 0.3 is 6.03 Å². The molecule has 0 aliphatic carbocycles. The largest absolute Gasteiger partial charge is 0.497 e. The standard InChI is InChI=1S/C28H27N3O3/c1-19-8-6-10-20(16-19)27-25-12-7-15-30(25)24-11-5-4-9-21(24)18-31(27)28(32)29-23-14-13-22(33-2)17-26(23)34-3/h4-17,27H,18H2,1-3H3,(H,29,32). The van der Waals surface area contributed by atoms with Crippen molar-refractivity contribution in [1.29, 1.82) is 0 Å². The number of aromatic nitrogens is 1. The van der Waals surface area contributed by atoms with Gasteiger partial charge in [0, 0.05) is 18.0 Å². The number of benzene rings is 3. The number of methoxy groups -OCH3 is 2. The predicted octanol–water partition coefficient (Wildman–Crippen LogP) is 5.94. The third-order valence-electron chi connectivity index (χ3n) is 6.23. The van der Waals surface area contributed by atoms with Crippen LogP contribution in [-0.4, -0.2) is 29.7 Å². The number of carbonyl (C=O) groups is 1. The summed E-state index contributed by atoms with van der Waals surface area (Å²) in [5.41, 5.74) is 5.99. The van der Waals surface area contributed by atoms with Crippen LogP contribution < -0.4 is 14.8 Å². The van der Waals surface area contributed by atoms with Crippen molar-refractivity contribution in [2.24, 2.45) is 0 Å². The van der Waals surface area contributed by atoms with E-state index >= 15 is 0 Å². The summed E-state index contributed by atoms with van der Waals surface area (Å²) < 4.78 is 13.0. The maximum atomic E-state index is 13.9. The highest BCUT2D eigenvalue weighted by molar-refractivity contribution is 5.92. The smallest absolute Gasteiger partial charge is 0.323 e. The van der Waals surface area contributed by atoms with Crippen LogP contribution in [-0.2, 0) is 6.54 Å². The highest BCUT2D eigenvalue weighted by atomic mass is 16.5. The average Bonchev–Trinajstić information content (AvgIpc) is 3.28. The van der Waals surface area contributed by atoms with E-state index < -0.39 is 0 Å². The summed E-state index contributed by atoms with van der Waals surface area (Å²) in [6.45, 7) is 2.53. The molecule has 6 heteroatoms. The van der Waals surface area contributed by atoms with Gasteiger partial charge in [-0.3, -0.25) is 0 Å². The number of amides is 2. The minimum Gasteiger partial charge on any atom is -0.497 e. The number of urea groups is 1. The molecule has 0 saturated carbocycles. The molecule has 0 radical (unpaired) electrons. The van der Waals surface area contributed by atoms with Crippen molar-refractivity contribution in [3.8, 4) is 17.2 Å². The van der Waals surface area contributed by atoms with Gasteiger partial charge in [0.15, 0.2) is 0 Å². The summed E-state index contributed by atoms with van der Waals surface area (Å²) in [4.78, 5) is 15.8. The molecule has 1 aliphatic rings. The maximum Gasteiger partial charge on any atom is 0.323 e. The zero-order valence-corrected chi connectivity index (χ0v) is 19.5. The first kappa shape index (κ1) is 21.6. The van der Waals surface area contributed by atoms with Crippen LogP contribution in [0.3, 0.4) is 0 Å². The third kappa shape index (κ3) is 3.88. The summed E-state index contributed by atoms with van der Waals surface area (Å²) in [7, 11) is 3.18. The predicted molar refractivity (Wildman–Crippen MR) is 133 cm³/mol. The van der Waals surface area contributed by atoms with E-state index in [9.17, 15) is 4.79 Å². The lowest BCUT2D eigenvalue weighted by molar-refractivity contribution is 0.194. The fourth-order valence-electron chi connectivity index (χ4n) is 4.62. The summed E-state index contributed by atoms with van der Waals surface area (Å²) >= 11 is 0. The Balaban J connectivity index is 1.61. The molecule has 1 atom stereocenters. The van der Waals surface area contributed by atoms with Crippen LogP contribution in [0.1, 0.15) is 28.4 Å². The Morgan fingerprint density at radius 3 is 2.59 bits per heavy atom. The van der Waals surface area contributed by atoms with Crippen molar-refractivity contribution in [2.45, 2.75) is 19.5 Å². The molecule has 0 spiro atoms. The Labute approximate surface area is 199 Å². The molecule has 0 saturated heterocycles. The normalized spacial score (nSPS) is 14.6. The second kappa shape index (κ2) is 8.98. The zero-order valence-electron chi connectivity index (χ0n) is 19.5. The monoisotopic (exact) mass is 453 g/mol. The summed E-state index contributed by atoms with van der Waals surface area (Å²) in [5.74, 6) is 1.20. The SMILES string of the molecule is COc1ccc(NC(=O)N2Cc3ccccc3-n3cccc3C2c2cccc(C)c2)c(OC)c1. The number of rotatable bonds is 4. The van der Waals surface area contributed by atoms with Crippen molar-refractivity contribution < 1.29 is 14.3 Å². The second-order valence-electron chi connectivity index (χ2n) is 8.37. The molecule has 2 heterocycles. The quantitative estimate of drug-likeness (QED) is 0.416. The Bertz CT molecular complexity index is 1340. The minimum atomic E-state index is -0.272. The Morgan fingerprint density at radius 1 is 0.941 bits per heavy atom. The molecule has 1 N–H and O–H groups in total. The molecule has 1 aromatic heterocycles. The number of para-hydroxylation sites is 1. The van der Waals surface area contributed by atoms with E-state index in [0.29, 0.717) is 23.7 Å². The lowest BCUT2D eigenvalue weighted by Crippen LogP contribution is -2.38. The van der Waals surface area contributed by atoms with E-state index in [1.165, 1.54) is 0 Å². The molecule has 1 unspecified atom stereocenters. The summed E-state index contributed by atoms with van der Waals surface area (Å²) in [5, 5.41) is 3.08. The van der Waals surface area contributed by atoms with Crippen LogP contribution in [0.2, 0.25) is 0 Å².